The average molecular weight is 377 g/mol. The number of nitrogens with one attached hydrogen (secondary N) is 2. The lowest BCUT2D eigenvalue weighted by molar-refractivity contribution is -0.114. The highest BCUT2D eigenvalue weighted by Gasteiger charge is 2.13. The molecule has 0 atom stereocenters. The van der Waals surface area contributed by atoms with Crippen LogP contribution >= 0.6 is 0 Å². The van der Waals surface area contributed by atoms with Crippen LogP contribution in [0.2, 0.25) is 0 Å². The minimum absolute atomic E-state index is 0.217. The molecule has 0 fully saturated rings. The smallest absolute Gasteiger partial charge is 0.222 e. The third-order valence-corrected chi connectivity index (χ3v) is 3.97. The molecule has 0 saturated carbocycles. The van der Waals surface area contributed by atoms with E-state index in [0.717, 1.165) is 5.52 Å². The van der Waals surface area contributed by atoms with Crippen LogP contribution in [0.5, 0.6) is 0 Å². The van der Waals surface area contributed by atoms with Crippen molar-refractivity contribution >= 4 is 28.7 Å². The van der Waals surface area contributed by atoms with Crippen LogP contribution in [0, 0.1) is 0 Å². The number of halogens is 1. The summed E-state index contributed by atoms with van der Waals surface area (Å²) in [6.45, 7) is 0.766. The van der Waals surface area contributed by atoms with E-state index in [0.29, 0.717) is 34.4 Å². The number of hydrogen-bond acceptors (Lipinski definition) is 6. The van der Waals surface area contributed by atoms with Crippen LogP contribution in [0.4, 0.5) is 21.7 Å². The lowest BCUT2D eigenvalue weighted by Gasteiger charge is -2.12. The molecule has 0 unspecified atom stereocenters. The Morgan fingerprint density at radius 1 is 1.18 bits per heavy atom. The Kier molecular flexibility index (Phi) is 4.63. The minimum Gasteiger partial charge on any atom is -0.338 e. The molecule has 4 rings (SSSR count). The van der Waals surface area contributed by atoms with Crippen molar-refractivity contribution in [1.29, 1.82) is 0 Å². The molecule has 0 saturated heterocycles. The van der Waals surface area contributed by atoms with Crippen LogP contribution in [0.1, 0.15) is 12.5 Å². The fourth-order valence-corrected chi connectivity index (χ4v) is 2.73. The number of carbonyl (C=O) groups excluding carboxylic acids is 1. The van der Waals surface area contributed by atoms with Gasteiger partial charge in [-0.2, -0.15) is 0 Å². The van der Waals surface area contributed by atoms with E-state index in [1.165, 1.54) is 13.1 Å². The predicted molar refractivity (Wildman–Crippen MR) is 103 cm³/mol. The largest absolute Gasteiger partial charge is 0.338 e. The molecule has 4 aromatic heterocycles. The van der Waals surface area contributed by atoms with Crippen LogP contribution in [0.15, 0.2) is 55.0 Å². The Hall–Kier alpha value is -3.88. The summed E-state index contributed by atoms with van der Waals surface area (Å²) in [5, 5.41) is 10.3. The molecule has 0 radical (unpaired) electrons. The summed E-state index contributed by atoms with van der Waals surface area (Å²) in [4.78, 5) is 24.2. The SMILES string of the molecule is CC(=O)Nc1cccc(-c2nc(Nc3ccncc3CF)c3cccn3n2)n1. The summed E-state index contributed by atoms with van der Waals surface area (Å²) in [6, 6.07) is 10.6. The Bertz CT molecular complexity index is 1160. The normalized spacial score (nSPS) is 10.8. The van der Waals surface area contributed by atoms with Crippen molar-refractivity contribution in [2.45, 2.75) is 13.6 Å². The van der Waals surface area contributed by atoms with E-state index in [9.17, 15) is 9.18 Å². The summed E-state index contributed by atoms with van der Waals surface area (Å²) in [6.07, 6.45) is 4.83. The number of alkyl halides is 1. The molecule has 8 nitrogen and oxygen atoms in total. The average Bonchev–Trinajstić information content (AvgIpc) is 3.17. The molecule has 9 heteroatoms. The monoisotopic (exact) mass is 377 g/mol. The highest BCUT2D eigenvalue weighted by Crippen LogP contribution is 2.25. The van der Waals surface area contributed by atoms with Crippen molar-refractivity contribution in [2.24, 2.45) is 0 Å². The first-order valence-corrected chi connectivity index (χ1v) is 8.50. The van der Waals surface area contributed by atoms with E-state index in [1.54, 1.807) is 41.2 Å². The van der Waals surface area contributed by atoms with Gasteiger partial charge in [-0.3, -0.25) is 9.78 Å². The fourth-order valence-electron chi connectivity index (χ4n) is 2.73. The maximum atomic E-state index is 13.3. The molecule has 4 aromatic rings. The maximum Gasteiger partial charge on any atom is 0.222 e. The number of anilines is 3. The Balaban J connectivity index is 1.78. The number of hydrogen-bond donors (Lipinski definition) is 2. The zero-order valence-corrected chi connectivity index (χ0v) is 14.9. The number of rotatable bonds is 5. The van der Waals surface area contributed by atoms with Crippen LogP contribution < -0.4 is 10.6 Å². The Morgan fingerprint density at radius 2 is 2.07 bits per heavy atom. The van der Waals surface area contributed by atoms with Gasteiger partial charge in [-0.25, -0.2) is 18.9 Å². The van der Waals surface area contributed by atoms with Crippen molar-refractivity contribution in [1.82, 2.24) is 24.6 Å². The molecule has 2 N–H and O–H groups in total. The quantitative estimate of drug-likeness (QED) is 0.554. The van der Waals surface area contributed by atoms with Gasteiger partial charge >= 0.3 is 0 Å². The van der Waals surface area contributed by atoms with Crippen molar-refractivity contribution in [2.75, 3.05) is 10.6 Å². The van der Waals surface area contributed by atoms with Crippen molar-refractivity contribution in [3.05, 3.63) is 60.6 Å². The number of carbonyl (C=O) groups is 1. The van der Waals surface area contributed by atoms with E-state index in [1.807, 2.05) is 12.1 Å². The molecule has 28 heavy (non-hydrogen) atoms. The molecule has 140 valence electrons. The van der Waals surface area contributed by atoms with Gasteiger partial charge in [0.15, 0.2) is 5.82 Å². The van der Waals surface area contributed by atoms with Crippen molar-refractivity contribution in [3.63, 3.8) is 0 Å². The fraction of sp³-hybridized carbons (Fsp3) is 0.105. The van der Waals surface area contributed by atoms with Gasteiger partial charge in [0.2, 0.25) is 11.7 Å². The molecule has 4 heterocycles. The van der Waals surface area contributed by atoms with Gasteiger partial charge in [-0.1, -0.05) is 6.07 Å². The van der Waals surface area contributed by atoms with Gasteiger partial charge in [-0.05, 0) is 30.3 Å². The number of amides is 1. The zero-order valence-electron chi connectivity index (χ0n) is 14.9. The lowest BCUT2D eigenvalue weighted by Crippen LogP contribution is -2.09. The predicted octanol–water partition coefficient (Wildman–Crippen LogP) is 3.36. The van der Waals surface area contributed by atoms with E-state index in [4.69, 9.17) is 0 Å². The van der Waals surface area contributed by atoms with Gasteiger partial charge in [0.05, 0.1) is 0 Å². The molecule has 0 aromatic carbocycles. The van der Waals surface area contributed by atoms with Crippen LogP contribution in [-0.4, -0.2) is 30.5 Å². The topological polar surface area (TPSA) is 97.1 Å². The zero-order chi connectivity index (χ0) is 19.5. The molecule has 0 aliphatic rings. The maximum absolute atomic E-state index is 13.3. The van der Waals surface area contributed by atoms with Crippen LogP contribution in [0.25, 0.3) is 17.0 Å². The number of nitrogens with zero attached hydrogens (tertiary/aromatic N) is 5. The van der Waals surface area contributed by atoms with Gasteiger partial charge in [0, 0.05) is 36.8 Å². The molecule has 1 amide bonds. The van der Waals surface area contributed by atoms with E-state index in [2.05, 4.69) is 30.7 Å². The van der Waals surface area contributed by atoms with E-state index < -0.39 is 6.67 Å². The Morgan fingerprint density at radius 3 is 2.89 bits per heavy atom. The van der Waals surface area contributed by atoms with Gasteiger partial charge in [-0.15, -0.1) is 5.10 Å². The van der Waals surface area contributed by atoms with Crippen LogP contribution in [-0.2, 0) is 11.5 Å². The first kappa shape index (κ1) is 17.5. The third kappa shape index (κ3) is 3.50. The van der Waals surface area contributed by atoms with Gasteiger partial charge in [0.25, 0.3) is 0 Å². The highest BCUT2D eigenvalue weighted by molar-refractivity contribution is 5.87. The Labute approximate surface area is 159 Å². The molecule has 0 spiro atoms. The number of fused-ring (bicyclic) bond motifs is 1. The summed E-state index contributed by atoms with van der Waals surface area (Å²) >= 11 is 0. The number of aromatic nitrogens is 5. The lowest BCUT2D eigenvalue weighted by atomic mass is 10.2. The first-order chi connectivity index (χ1) is 13.6. The standard InChI is InChI=1S/C19H16FN7O/c1-12(28)22-17-6-2-4-15(23-17)18-25-19(16-5-3-9-27(16)26-18)24-14-7-8-21-11-13(14)10-20/h2-9,11H,10H2,1H3,(H,22,23,28)(H,21,24,25,26). The van der Waals surface area contributed by atoms with E-state index >= 15 is 0 Å². The second kappa shape index (κ2) is 7.39. The molecular formula is C19H16FN7O. The molecule has 0 aliphatic carbocycles. The highest BCUT2D eigenvalue weighted by atomic mass is 19.1. The van der Waals surface area contributed by atoms with Crippen LogP contribution in [0.3, 0.4) is 0 Å². The van der Waals surface area contributed by atoms with Crippen molar-refractivity contribution < 1.29 is 9.18 Å². The van der Waals surface area contributed by atoms with Gasteiger partial charge in [0.1, 0.15) is 23.7 Å². The molecule has 0 aliphatic heterocycles. The third-order valence-electron chi connectivity index (χ3n) is 3.97. The minimum atomic E-state index is -0.647. The van der Waals surface area contributed by atoms with Crippen molar-refractivity contribution in [3.8, 4) is 11.5 Å². The molecular weight excluding hydrogens is 361 g/mol. The summed E-state index contributed by atoms with van der Waals surface area (Å²) in [5.74, 6) is 1.05. The second-order valence-corrected chi connectivity index (χ2v) is 6.00. The summed E-state index contributed by atoms with van der Waals surface area (Å²) in [5.41, 5.74) is 2.22. The summed E-state index contributed by atoms with van der Waals surface area (Å²) < 4.78 is 14.9. The second-order valence-electron chi connectivity index (χ2n) is 6.00. The molecule has 0 bridgehead atoms. The van der Waals surface area contributed by atoms with Gasteiger partial charge < -0.3 is 10.6 Å². The van der Waals surface area contributed by atoms with E-state index in [-0.39, 0.29) is 5.91 Å². The number of pyridine rings is 2. The first-order valence-electron chi connectivity index (χ1n) is 8.50. The summed E-state index contributed by atoms with van der Waals surface area (Å²) in [7, 11) is 0.